The quantitative estimate of drug-likeness (QED) is 0.636. The molecule has 1 saturated heterocycles. The van der Waals surface area contributed by atoms with Crippen molar-refractivity contribution in [2.24, 2.45) is 0 Å². The van der Waals surface area contributed by atoms with Gasteiger partial charge in [0.2, 0.25) is 0 Å². The Kier molecular flexibility index (Phi) is 5.77. The molecule has 1 amide bonds. The van der Waals surface area contributed by atoms with Crippen molar-refractivity contribution in [1.29, 1.82) is 0 Å². The number of nitrogens with zero attached hydrogens (tertiary/aromatic N) is 4. The molecule has 3 aromatic rings. The molecule has 0 spiro atoms. The molecular weight excluding hydrogens is 352 g/mol. The molecule has 4 rings (SSSR count). The Labute approximate surface area is 164 Å². The van der Waals surface area contributed by atoms with Gasteiger partial charge in [-0.05, 0) is 48.7 Å². The summed E-state index contributed by atoms with van der Waals surface area (Å²) in [5, 5.41) is 4.24. The van der Waals surface area contributed by atoms with Crippen LogP contribution < -0.4 is 0 Å². The summed E-state index contributed by atoms with van der Waals surface area (Å²) in [4.78, 5) is 19.6. The molecule has 6 heteroatoms. The van der Waals surface area contributed by atoms with Gasteiger partial charge in [0, 0.05) is 37.3 Å². The molecule has 3 heterocycles. The first-order valence-corrected chi connectivity index (χ1v) is 9.65. The monoisotopic (exact) mass is 376 g/mol. The molecule has 144 valence electrons. The van der Waals surface area contributed by atoms with Gasteiger partial charge in [-0.2, -0.15) is 5.10 Å². The van der Waals surface area contributed by atoms with Gasteiger partial charge in [-0.3, -0.25) is 14.5 Å². The summed E-state index contributed by atoms with van der Waals surface area (Å²) in [5.74, 6) is 0.00321. The van der Waals surface area contributed by atoms with Gasteiger partial charge in [-0.1, -0.05) is 18.2 Å². The number of hydrogen-bond donors (Lipinski definition) is 0. The van der Waals surface area contributed by atoms with Gasteiger partial charge in [0.05, 0.1) is 24.9 Å². The molecular formula is C22H24N4O2. The SMILES string of the molecule is O=C(c1cccc(Cn2cccn2)c1)N(Cc1ccccn1)C[C@@H]1CCCO1. The van der Waals surface area contributed by atoms with Gasteiger partial charge in [-0.15, -0.1) is 0 Å². The lowest BCUT2D eigenvalue weighted by Gasteiger charge is -2.25. The molecule has 1 aliphatic rings. The second-order valence-electron chi connectivity index (χ2n) is 7.05. The highest BCUT2D eigenvalue weighted by atomic mass is 16.5. The van der Waals surface area contributed by atoms with Crippen molar-refractivity contribution in [3.05, 3.63) is 83.9 Å². The van der Waals surface area contributed by atoms with Crippen molar-refractivity contribution in [1.82, 2.24) is 19.7 Å². The van der Waals surface area contributed by atoms with Crippen LogP contribution in [0.4, 0.5) is 0 Å². The second kappa shape index (κ2) is 8.80. The molecule has 0 unspecified atom stereocenters. The van der Waals surface area contributed by atoms with Crippen LogP contribution in [-0.2, 0) is 17.8 Å². The van der Waals surface area contributed by atoms with Crippen LogP contribution in [0.1, 0.15) is 34.5 Å². The fraction of sp³-hybridized carbons (Fsp3) is 0.318. The van der Waals surface area contributed by atoms with E-state index in [2.05, 4.69) is 10.1 Å². The van der Waals surface area contributed by atoms with Crippen LogP contribution in [0, 0.1) is 0 Å². The predicted octanol–water partition coefficient (Wildman–Crippen LogP) is 3.15. The summed E-state index contributed by atoms with van der Waals surface area (Å²) in [7, 11) is 0. The minimum absolute atomic E-state index is 0.00321. The summed E-state index contributed by atoms with van der Waals surface area (Å²) in [6, 6.07) is 15.4. The maximum Gasteiger partial charge on any atom is 0.254 e. The molecule has 1 fully saturated rings. The van der Waals surface area contributed by atoms with Crippen molar-refractivity contribution in [2.75, 3.05) is 13.2 Å². The highest BCUT2D eigenvalue weighted by Crippen LogP contribution is 2.18. The zero-order valence-corrected chi connectivity index (χ0v) is 15.8. The van der Waals surface area contributed by atoms with E-state index in [1.54, 1.807) is 12.4 Å². The first-order chi connectivity index (χ1) is 13.8. The van der Waals surface area contributed by atoms with E-state index in [1.807, 2.05) is 64.3 Å². The molecule has 2 aromatic heterocycles. The van der Waals surface area contributed by atoms with Crippen LogP contribution in [0.25, 0.3) is 0 Å². The first-order valence-electron chi connectivity index (χ1n) is 9.65. The minimum Gasteiger partial charge on any atom is -0.376 e. The highest BCUT2D eigenvalue weighted by Gasteiger charge is 2.24. The van der Waals surface area contributed by atoms with Gasteiger partial charge < -0.3 is 9.64 Å². The number of carbonyl (C=O) groups excluding carboxylic acids is 1. The summed E-state index contributed by atoms with van der Waals surface area (Å²) in [5.41, 5.74) is 2.60. The topological polar surface area (TPSA) is 60.2 Å². The highest BCUT2D eigenvalue weighted by molar-refractivity contribution is 5.94. The number of aromatic nitrogens is 3. The van der Waals surface area contributed by atoms with Gasteiger partial charge in [-0.25, -0.2) is 0 Å². The van der Waals surface area contributed by atoms with Crippen molar-refractivity contribution < 1.29 is 9.53 Å². The number of ether oxygens (including phenoxy) is 1. The number of rotatable bonds is 7. The molecule has 28 heavy (non-hydrogen) atoms. The summed E-state index contributed by atoms with van der Waals surface area (Å²) in [6.45, 7) is 2.47. The molecule has 1 aliphatic heterocycles. The third-order valence-corrected chi connectivity index (χ3v) is 4.89. The third-order valence-electron chi connectivity index (χ3n) is 4.89. The third kappa shape index (κ3) is 4.64. The lowest BCUT2D eigenvalue weighted by molar-refractivity contribution is 0.0504. The fourth-order valence-electron chi connectivity index (χ4n) is 3.51. The largest absolute Gasteiger partial charge is 0.376 e. The van der Waals surface area contributed by atoms with E-state index >= 15 is 0 Å². The Morgan fingerprint density at radius 2 is 2.14 bits per heavy atom. The van der Waals surface area contributed by atoms with Crippen LogP contribution in [-0.4, -0.2) is 44.8 Å². The molecule has 0 saturated carbocycles. The minimum atomic E-state index is 0.00321. The zero-order valence-electron chi connectivity index (χ0n) is 15.8. The number of hydrogen-bond acceptors (Lipinski definition) is 4. The Morgan fingerprint density at radius 1 is 1.18 bits per heavy atom. The van der Waals surface area contributed by atoms with E-state index in [-0.39, 0.29) is 12.0 Å². The summed E-state index contributed by atoms with van der Waals surface area (Å²) >= 11 is 0. The lowest BCUT2D eigenvalue weighted by atomic mass is 10.1. The number of carbonyl (C=O) groups is 1. The molecule has 1 atom stereocenters. The van der Waals surface area contributed by atoms with Crippen molar-refractivity contribution >= 4 is 5.91 Å². The second-order valence-corrected chi connectivity index (χ2v) is 7.05. The van der Waals surface area contributed by atoms with E-state index in [4.69, 9.17) is 4.74 Å². The first kappa shape index (κ1) is 18.4. The van der Waals surface area contributed by atoms with E-state index < -0.39 is 0 Å². The lowest BCUT2D eigenvalue weighted by Crippen LogP contribution is -2.37. The van der Waals surface area contributed by atoms with E-state index in [1.165, 1.54) is 0 Å². The smallest absolute Gasteiger partial charge is 0.254 e. The number of benzene rings is 1. The average Bonchev–Trinajstić information content (AvgIpc) is 3.42. The molecule has 0 aliphatic carbocycles. The van der Waals surface area contributed by atoms with Gasteiger partial charge in [0.1, 0.15) is 0 Å². The standard InChI is InChI=1S/C22H24N4O2/c27-22(19-7-3-6-18(14-19)15-26-12-5-11-24-26)25(17-21-9-4-13-28-21)16-20-8-1-2-10-23-20/h1-3,5-8,10-12,14,21H,4,9,13,15-17H2/t21-/m0/s1. The number of pyridine rings is 1. The Balaban J connectivity index is 1.53. The van der Waals surface area contributed by atoms with Crippen molar-refractivity contribution in [3.63, 3.8) is 0 Å². The van der Waals surface area contributed by atoms with Crippen LogP contribution in [0.3, 0.4) is 0 Å². The number of amides is 1. The fourth-order valence-corrected chi connectivity index (χ4v) is 3.51. The van der Waals surface area contributed by atoms with Gasteiger partial charge >= 0.3 is 0 Å². The predicted molar refractivity (Wildman–Crippen MR) is 106 cm³/mol. The van der Waals surface area contributed by atoms with Crippen LogP contribution >= 0.6 is 0 Å². The van der Waals surface area contributed by atoms with Gasteiger partial charge in [0.15, 0.2) is 0 Å². The van der Waals surface area contributed by atoms with E-state index in [0.717, 1.165) is 30.7 Å². The Morgan fingerprint density at radius 3 is 2.89 bits per heavy atom. The molecule has 6 nitrogen and oxygen atoms in total. The Bertz CT molecular complexity index is 890. The Hall–Kier alpha value is -2.99. The van der Waals surface area contributed by atoms with E-state index in [9.17, 15) is 4.79 Å². The van der Waals surface area contributed by atoms with Crippen LogP contribution in [0.5, 0.6) is 0 Å². The molecule has 0 radical (unpaired) electrons. The summed E-state index contributed by atoms with van der Waals surface area (Å²) < 4.78 is 7.62. The van der Waals surface area contributed by atoms with Crippen molar-refractivity contribution in [3.8, 4) is 0 Å². The maximum absolute atomic E-state index is 13.3. The maximum atomic E-state index is 13.3. The van der Waals surface area contributed by atoms with Crippen molar-refractivity contribution in [2.45, 2.75) is 32.0 Å². The normalized spacial score (nSPS) is 16.2. The summed E-state index contributed by atoms with van der Waals surface area (Å²) in [6.07, 6.45) is 7.57. The average molecular weight is 376 g/mol. The molecule has 0 bridgehead atoms. The van der Waals surface area contributed by atoms with E-state index in [0.29, 0.717) is 25.2 Å². The molecule has 1 aromatic carbocycles. The molecule has 0 N–H and O–H groups in total. The van der Waals surface area contributed by atoms with Gasteiger partial charge in [0.25, 0.3) is 5.91 Å². The zero-order chi connectivity index (χ0) is 19.2. The van der Waals surface area contributed by atoms with Crippen LogP contribution in [0.2, 0.25) is 0 Å². The van der Waals surface area contributed by atoms with Crippen LogP contribution in [0.15, 0.2) is 67.1 Å².